The largest absolute Gasteiger partial charge is 0.460 e. The van der Waals surface area contributed by atoms with Gasteiger partial charge in [0, 0.05) is 6.08 Å². The minimum Gasteiger partial charge on any atom is -0.460 e. The van der Waals surface area contributed by atoms with Crippen molar-refractivity contribution < 1.29 is 66.2 Å². The van der Waals surface area contributed by atoms with E-state index in [-0.39, 0.29) is 0 Å². The molecule has 1 unspecified atom stereocenters. The monoisotopic (exact) mass is 392 g/mol. The molecule has 0 aromatic heterocycles. The van der Waals surface area contributed by atoms with E-state index >= 15 is 0 Å². The maximum Gasteiger partial charge on any atom is 0.447 e. The number of ether oxygens (including phenoxy) is 1. The predicted molar refractivity (Wildman–Crippen MR) is 44.9 cm³/mol. The molecule has 1 nitrogen and oxygen atoms in total. The van der Waals surface area contributed by atoms with Gasteiger partial charge in [-0.1, -0.05) is 0 Å². The minimum atomic E-state index is -7.44. The maximum atomic E-state index is 13.0. The van der Waals surface area contributed by atoms with Crippen LogP contribution in [0.1, 0.15) is 0 Å². The molecule has 1 atom stereocenters. The second-order valence-electron chi connectivity index (χ2n) is 4.41. The fourth-order valence-corrected chi connectivity index (χ4v) is 1.60. The van der Waals surface area contributed by atoms with Crippen LogP contribution in [0.25, 0.3) is 0 Å². The van der Waals surface area contributed by atoms with Crippen molar-refractivity contribution in [3.05, 3.63) is 11.8 Å². The van der Waals surface area contributed by atoms with Crippen LogP contribution in [0.3, 0.4) is 0 Å². The van der Waals surface area contributed by atoms with Crippen molar-refractivity contribution in [1.29, 1.82) is 0 Å². The lowest BCUT2D eigenvalue weighted by molar-refractivity contribution is -0.453. The molecule has 0 N–H and O–H groups in total. The van der Waals surface area contributed by atoms with E-state index in [2.05, 4.69) is 4.74 Å². The summed E-state index contributed by atoms with van der Waals surface area (Å²) in [6.45, 7) is 0. The molecular formula is C9H2F14O. The van der Waals surface area contributed by atoms with E-state index in [4.69, 9.17) is 0 Å². The van der Waals surface area contributed by atoms with Crippen LogP contribution in [0.4, 0.5) is 61.5 Å². The van der Waals surface area contributed by atoms with E-state index in [0.717, 1.165) is 0 Å². The molecule has 1 aliphatic carbocycles. The Bertz CT molecular complexity index is 484. The highest BCUT2D eigenvalue weighted by Gasteiger charge is 2.88. The van der Waals surface area contributed by atoms with Gasteiger partial charge in [-0.2, -0.15) is 57.1 Å². The molecule has 0 aliphatic heterocycles. The van der Waals surface area contributed by atoms with E-state index < -0.39 is 54.0 Å². The lowest BCUT2D eigenvalue weighted by atomic mass is 10.0. The molecule has 0 heterocycles. The molecule has 0 aromatic carbocycles. The third-order valence-corrected chi connectivity index (χ3v) is 2.83. The zero-order valence-corrected chi connectivity index (χ0v) is 10.4. The first-order valence-corrected chi connectivity index (χ1v) is 5.24. The van der Waals surface area contributed by atoms with Crippen molar-refractivity contribution in [2.45, 2.75) is 42.1 Å². The van der Waals surface area contributed by atoms with Gasteiger partial charge in [0.2, 0.25) is 0 Å². The van der Waals surface area contributed by atoms with Gasteiger partial charge in [0.1, 0.15) is 0 Å². The van der Waals surface area contributed by atoms with Gasteiger partial charge in [-0.05, 0) is 0 Å². The Morgan fingerprint density at radius 2 is 1.08 bits per heavy atom. The number of alkyl halides is 14. The minimum absolute atomic E-state index is 1.28. The van der Waals surface area contributed by atoms with Gasteiger partial charge in [-0.25, -0.2) is 4.39 Å². The lowest BCUT2D eigenvalue weighted by Crippen LogP contribution is -2.68. The lowest BCUT2D eigenvalue weighted by Gasteiger charge is -2.39. The second kappa shape index (κ2) is 5.03. The molecule has 0 amide bonds. The Morgan fingerprint density at radius 1 is 0.750 bits per heavy atom. The SMILES string of the molecule is FC1C=C(OC(C(F)(F)F)(C(F)(F)F)C(F)(F)F)C(F)(F)C1(F)F. The Hall–Kier alpha value is -1.44. The van der Waals surface area contributed by atoms with Gasteiger partial charge in [0.15, 0.2) is 11.9 Å². The first-order chi connectivity index (χ1) is 10.2. The average Bonchev–Trinajstić information content (AvgIpc) is 2.41. The Morgan fingerprint density at radius 3 is 1.29 bits per heavy atom. The molecule has 0 saturated carbocycles. The summed E-state index contributed by atoms with van der Waals surface area (Å²) in [5.41, 5.74) is -7.26. The number of halogens is 14. The fraction of sp³-hybridized carbons (Fsp3) is 0.778. The molecule has 15 heteroatoms. The highest BCUT2D eigenvalue weighted by atomic mass is 19.4. The van der Waals surface area contributed by atoms with E-state index in [1.165, 1.54) is 0 Å². The quantitative estimate of drug-likeness (QED) is 0.606. The van der Waals surface area contributed by atoms with Crippen LogP contribution >= 0.6 is 0 Å². The van der Waals surface area contributed by atoms with Crippen molar-refractivity contribution in [2.75, 3.05) is 0 Å². The molecule has 142 valence electrons. The standard InChI is InChI=1S/C9H2F14O/c10-2-1-3(5(13,14)4(2,11)12)24-6(7(15,16)17,8(18,19)20)9(21,22)23/h1-2H. The van der Waals surface area contributed by atoms with Gasteiger partial charge in [-0.3, -0.25) is 0 Å². The highest BCUT2D eigenvalue weighted by molar-refractivity contribution is 5.27. The second-order valence-corrected chi connectivity index (χ2v) is 4.41. The summed E-state index contributed by atoms with van der Waals surface area (Å²) in [4.78, 5) is 0. The fourth-order valence-electron chi connectivity index (χ4n) is 1.60. The predicted octanol–water partition coefficient (Wildman–Crippen LogP) is 4.93. The third kappa shape index (κ3) is 2.55. The number of hydrogen-bond acceptors (Lipinski definition) is 1. The van der Waals surface area contributed by atoms with E-state index in [1.807, 2.05) is 0 Å². The molecule has 1 aliphatic rings. The molecule has 0 saturated heterocycles. The zero-order valence-electron chi connectivity index (χ0n) is 10.4. The average molecular weight is 392 g/mol. The molecule has 0 fully saturated rings. The summed E-state index contributed by atoms with van der Waals surface area (Å²) in [7, 11) is 0. The zero-order chi connectivity index (χ0) is 19.6. The molecular weight excluding hydrogens is 390 g/mol. The first-order valence-electron chi connectivity index (χ1n) is 5.24. The molecule has 0 aromatic rings. The number of rotatable bonds is 2. The van der Waals surface area contributed by atoms with E-state index in [1.54, 1.807) is 0 Å². The van der Waals surface area contributed by atoms with Crippen molar-refractivity contribution in [2.24, 2.45) is 0 Å². The van der Waals surface area contributed by atoms with Crippen LogP contribution in [0.2, 0.25) is 0 Å². The first kappa shape index (κ1) is 20.6. The molecule has 0 bridgehead atoms. The maximum absolute atomic E-state index is 13.0. The van der Waals surface area contributed by atoms with Crippen molar-refractivity contribution >= 4 is 0 Å². The Balaban J connectivity index is 3.60. The topological polar surface area (TPSA) is 9.23 Å². The van der Waals surface area contributed by atoms with Gasteiger partial charge in [0.25, 0.3) is 0 Å². The summed E-state index contributed by atoms with van der Waals surface area (Å²) in [6.07, 6.45) is -27.8. The van der Waals surface area contributed by atoms with Crippen molar-refractivity contribution in [1.82, 2.24) is 0 Å². The molecule has 1 rings (SSSR count). The summed E-state index contributed by atoms with van der Waals surface area (Å²) in [5, 5.41) is 0. The summed E-state index contributed by atoms with van der Waals surface area (Å²) >= 11 is 0. The van der Waals surface area contributed by atoms with Crippen LogP contribution in [0, 0.1) is 0 Å². The van der Waals surface area contributed by atoms with Gasteiger partial charge in [-0.15, -0.1) is 0 Å². The molecule has 24 heavy (non-hydrogen) atoms. The third-order valence-electron chi connectivity index (χ3n) is 2.83. The van der Waals surface area contributed by atoms with Crippen LogP contribution < -0.4 is 0 Å². The van der Waals surface area contributed by atoms with Crippen LogP contribution in [0.5, 0.6) is 0 Å². The van der Waals surface area contributed by atoms with Crippen molar-refractivity contribution in [3.63, 3.8) is 0 Å². The van der Waals surface area contributed by atoms with Crippen LogP contribution in [0.15, 0.2) is 11.8 Å². The normalized spacial score (nSPS) is 24.8. The van der Waals surface area contributed by atoms with Gasteiger partial charge < -0.3 is 4.74 Å². The van der Waals surface area contributed by atoms with E-state index in [0.29, 0.717) is 0 Å². The van der Waals surface area contributed by atoms with Gasteiger partial charge in [0.05, 0.1) is 0 Å². The number of hydrogen-bond donors (Lipinski definition) is 0. The highest BCUT2D eigenvalue weighted by Crippen LogP contribution is 2.59. The van der Waals surface area contributed by atoms with Crippen LogP contribution in [-0.4, -0.2) is 42.1 Å². The van der Waals surface area contributed by atoms with Gasteiger partial charge >= 0.3 is 36.0 Å². The summed E-state index contributed by atoms with van der Waals surface area (Å²) in [5.74, 6) is -15.5. The summed E-state index contributed by atoms with van der Waals surface area (Å²) < 4.78 is 179. The molecule has 0 spiro atoms. The summed E-state index contributed by atoms with van der Waals surface area (Å²) in [6, 6.07) is 0. The smallest absolute Gasteiger partial charge is 0.447 e. The number of allylic oxidation sites excluding steroid dienone is 2. The Labute approximate surface area is 121 Å². The van der Waals surface area contributed by atoms with Crippen LogP contribution in [-0.2, 0) is 4.74 Å². The molecule has 0 radical (unpaired) electrons. The Kier molecular flexibility index (Phi) is 4.32. The van der Waals surface area contributed by atoms with E-state index in [9.17, 15) is 61.5 Å². The van der Waals surface area contributed by atoms with Crippen molar-refractivity contribution in [3.8, 4) is 0 Å².